The largest absolute Gasteiger partial charge is 0.463 e. The number of aliphatic hydroxyl groups is 2. The smallest absolute Gasteiger partial charge is 0.305 e. The molecule has 0 radical (unpaired) electrons. The molecule has 0 aromatic rings. The molecule has 0 bridgehead atoms. The van der Waals surface area contributed by atoms with Crippen molar-refractivity contribution in [2.75, 3.05) is 26.4 Å². The van der Waals surface area contributed by atoms with Crippen LogP contribution in [-0.4, -0.2) is 48.6 Å². The third kappa shape index (κ3) is 15.1. The van der Waals surface area contributed by atoms with Gasteiger partial charge in [0.25, 0.3) is 0 Å². The van der Waals surface area contributed by atoms with Crippen molar-refractivity contribution >= 4 is 11.9 Å². The maximum atomic E-state index is 11.1. The summed E-state index contributed by atoms with van der Waals surface area (Å²) in [5.41, 5.74) is 0. The van der Waals surface area contributed by atoms with Crippen LogP contribution in [0, 0.1) is 0 Å². The Morgan fingerprint density at radius 3 is 1.29 bits per heavy atom. The molecule has 0 fully saturated rings. The lowest BCUT2D eigenvalue weighted by Gasteiger charge is -2.04. The van der Waals surface area contributed by atoms with Crippen molar-refractivity contribution in [2.45, 2.75) is 57.8 Å². The van der Waals surface area contributed by atoms with Crippen LogP contribution in [0.4, 0.5) is 0 Å². The van der Waals surface area contributed by atoms with Gasteiger partial charge in [-0.1, -0.05) is 32.1 Å². The van der Waals surface area contributed by atoms with E-state index in [0.717, 1.165) is 44.9 Å². The Balaban J connectivity index is 3.19. The van der Waals surface area contributed by atoms with E-state index in [9.17, 15) is 9.59 Å². The zero-order valence-corrected chi connectivity index (χ0v) is 12.7. The van der Waals surface area contributed by atoms with Crippen LogP contribution in [0.2, 0.25) is 0 Å². The zero-order valence-electron chi connectivity index (χ0n) is 12.7. The SMILES string of the molecule is O=C(CCCCCCCCCC(=O)OCCO)OCCO. The molecule has 0 saturated carbocycles. The summed E-state index contributed by atoms with van der Waals surface area (Å²) in [5, 5.41) is 17.0. The highest BCUT2D eigenvalue weighted by Gasteiger charge is 2.03. The first kappa shape index (κ1) is 19.9. The van der Waals surface area contributed by atoms with E-state index in [1.54, 1.807) is 0 Å². The lowest BCUT2D eigenvalue weighted by Crippen LogP contribution is -2.08. The Morgan fingerprint density at radius 1 is 0.619 bits per heavy atom. The van der Waals surface area contributed by atoms with Crippen molar-refractivity contribution in [1.29, 1.82) is 0 Å². The molecule has 0 unspecified atom stereocenters. The molecule has 0 rings (SSSR count). The topological polar surface area (TPSA) is 93.1 Å². The van der Waals surface area contributed by atoms with Crippen molar-refractivity contribution in [3.63, 3.8) is 0 Å². The van der Waals surface area contributed by atoms with Gasteiger partial charge in [-0.2, -0.15) is 0 Å². The van der Waals surface area contributed by atoms with Gasteiger partial charge in [-0.3, -0.25) is 9.59 Å². The zero-order chi connectivity index (χ0) is 15.8. The number of unbranched alkanes of at least 4 members (excludes halogenated alkanes) is 6. The van der Waals surface area contributed by atoms with Gasteiger partial charge in [-0.15, -0.1) is 0 Å². The van der Waals surface area contributed by atoms with Crippen molar-refractivity contribution in [3.05, 3.63) is 0 Å². The van der Waals surface area contributed by atoms with Crippen molar-refractivity contribution in [1.82, 2.24) is 0 Å². The third-order valence-electron chi connectivity index (χ3n) is 2.97. The molecule has 0 spiro atoms. The van der Waals surface area contributed by atoms with Crippen LogP contribution >= 0.6 is 0 Å². The molecule has 21 heavy (non-hydrogen) atoms. The molecular formula is C15H28O6. The molecule has 124 valence electrons. The van der Waals surface area contributed by atoms with Crippen LogP contribution in [0.15, 0.2) is 0 Å². The Hall–Kier alpha value is -1.14. The second-order valence-electron chi connectivity index (χ2n) is 4.86. The molecule has 6 heteroatoms. The molecule has 0 aliphatic rings. The molecule has 0 amide bonds. The van der Waals surface area contributed by atoms with E-state index in [4.69, 9.17) is 19.7 Å². The molecule has 0 aromatic heterocycles. The average Bonchev–Trinajstić information content (AvgIpc) is 2.49. The predicted molar refractivity (Wildman–Crippen MR) is 77.6 cm³/mol. The van der Waals surface area contributed by atoms with E-state index in [1.165, 1.54) is 0 Å². The summed E-state index contributed by atoms with van der Waals surface area (Å²) in [4.78, 5) is 22.2. The normalized spacial score (nSPS) is 10.4. The Labute approximate surface area is 126 Å². The van der Waals surface area contributed by atoms with Crippen LogP contribution in [0.25, 0.3) is 0 Å². The van der Waals surface area contributed by atoms with Crippen LogP contribution in [0.3, 0.4) is 0 Å². The number of hydrogen-bond acceptors (Lipinski definition) is 6. The quantitative estimate of drug-likeness (QED) is 0.374. The number of hydrogen-bond donors (Lipinski definition) is 2. The minimum Gasteiger partial charge on any atom is -0.463 e. The number of ether oxygens (including phenoxy) is 2. The van der Waals surface area contributed by atoms with Crippen LogP contribution in [-0.2, 0) is 19.1 Å². The van der Waals surface area contributed by atoms with E-state index in [0.29, 0.717) is 12.8 Å². The van der Waals surface area contributed by atoms with Gasteiger partial charge in [-0.25, -0.2) is 0 Å². The molecule has 0 atom stereocenters. The Morgan fingerprint density at radius 2 is 0.952 bits per heavy atom. The van der Waals surface area contributed by atoms with Crippen LogP contribution in [0.1, 0.15) is 57.8 Å². The maximum Gasteiger partial charge on any atom is 0.305 e. The predicted octanol–water partition coefficient (Wildman–Crippen LogP) is 1.57. The molecule has 0 saturated heterocycles. The minimum absolute atomic E-state index is 0.0829. The highest BCUT2D eigenvalue weighted by molar-refractivity contribution is 5.69. The van der Waals surface area contributed by atoms with Crippen LogP contribution < -0.4 is 0 Å². The third-order valence-corrected chi connectivity index (χ3v) is 2.97. The molecule has 0 heterocycles. The average molecular weight is 304 g/mol. The molecule has 6 nitrogen and oxygen atoms in total. The number of aliphatic hydroxyl groups excluding tert-OH is 2. The van der Waals surface area contributed by atoms with E-state index in [1.807, 2.05) is 0 Å². The fraction of sp³-hybridized carbons (Fsp3) is 0.867. The summed E-state index contributed by atoms with van der Waals surface area (Å²) >= 11 is 0. The molecular weight excluding hydrogens is 276 g/mol. The molecule has 0 aliphatic carbocycles. The highest BCUT2D eigenvalue weighted by atomic mass is 16.5. The fourth-order valence-corrected chi connectivity index (χ4v) is 1.89. The van der Waals surface area contributed by atoms with E-state index < -0.39 is 0 Å². The second-order valence-corrected chi connectivity index (χ2v) is 4.86. The highest BCUT2D eigenvalue weighted by Crippen LogP contribution is 2.10. The summed E-state index contributed by atoms with van der Waals surface area (Å²) < 4.78 is 9.51. The Kier molecular flexibility index (Phi) is 14.4. The second kappa shape index (κ2) is 15.3. The van der Waals surface area contributed by atoms with Gasteiger partial charge in [-0.05, 0) is 12.8 Å². The van der Waals surface area contributed by atoms with E-state index in [-0.39, 0.29) is 38.4 Å². The Bertz CT molecular complexity index is 241. The van der Waals surface area contributed by atoms with Crippen molar-refractivity contribution < 1.29 is 29.3 Å². The number of carbonyl (C=O) groups is 2. The minimum atomic E-state index is -0.245. The molecule has 0 aromatic carbocycles. The first-order chi connectivity index (χ1) is 10.2. The monoisotopic (exact) mass is 304 g/mol. The van der Waals surface area contributed by atoms with Gasteiger partial charge < -0.3 is 19.7 Å². The van der Waals surface area contributed by atoms with Gasteiger partial charge >= 0.3 is 11.9 Å². The summed E-state index contributed by atoms with van der Waals surface area (Å²) in [7, 11) is 0. The van der Waals surface area contributed by atoms with Gasteiger partial charge in [0.1, 0.15) is 13.2 Å². The summed E-state index contributed by atoms with van der Waals surface area (Å²) in [6.07, 6.45) is 7.68. The van der Waals surface area contributed by atoms with Gasteiger partial charge in [0.05, 0.1) is 13.2 Å². The lowest BCUT2D eigenvalue weighted by molar-refractivity contribution is -0.145. The lowest BCUT2D eigenvalue weighted by atomic mass is 10.1. The van der Waals surface area contributed by atoms with Gasteiger partial charge in [0, 0.05) is 12.8 Å². The summed E-state index contributed by atoms with van der Waals surface area (Å²) in [6, 6.07) is 0. The number of rotatable bonds is 14. The van der Waals surface area contributed by atoms with E-state index >= 15 is 0 Å². The molecule has 0 aliphatic heterocycles. The van der Waals surface area contributed by atoms with Crippen LogP contribution in [0.5, 0.6) is 0 Å². The van der Waals surface area contributed by atoms with Gasteiger partial charge in [0.15, 0.2) is 0 Å². The number of esters is 2. The molecule has 2 N–H and O–H groups in total. The van der Waals surface area contributed by atoms with Gasteiger partial charge in [0.2, 0.25) is 0 Å². The van der Waals surface area contributed by atoms with Crippen molar-refractivity contribution in [3.8, 4) is 0 Å². The first-order valence-corrected chi connectivity index (χ1v) is 7.73. The summed E-state index contributed by atoms with van der Waals surface area (Å²) in [5.74, 6) is -0.490. The summed E-state index contributed by atoms with van der Waals surface area (Å²) in [6.45, 7) is -0.0856. The van der Waals surface area contributed by atoms with Crippen molar-refractivity contribution in [2.24, 2.45) is 0 Å². The first-order valence-electron chi connectivity index (χ1n) is 7.73. The standard InChI is InChI=1S/C15H28O6/c16-10-12-20-14(18)8-6-4-2-1-3-5-7-9-15(19)21-13-11-17/h16-17H,1-13H2. The van der Waals surface area contributed by atoms with E-state index in [2.05, 4.69) is 0 Å². The number of carbonyl (C=O) groups excluding carboxylic acids is 2. The fourth-order valence-electron chi connectivity index (χ4n) is 1.89. The maximum absolute atomic E-state index is 11.1.